The summed E-state index contributed by atoms with van der Waals surface area (Å²) in [5, 5.41) is 9.24. The van der Waals surface area contributed by atoms with Crippen molar-refractivity contribution in [2.45, 2.75) is 82.6 Å². The predicted molar refractivity (Wildman–Crippen MR) is 79.5 cm³/mol. The van der Waals surface area contributed by atoms with E-state index in [4.69, 9.17) is 0 Å². The standard InChI is InChI=1S/C16H31NO2/c1-17(2)16(14-15(18)19)12-10-8-6-4-3-5-7-9-11-13-16/h3-14H2,1-2H3,(H,18,19). The average Bonchev–Trinajstić information content (AvgIpc) is 2.32. The van der Waals surface area contributed by atoms with Gasteiger partial charge in [-0.05, 0) is 26.9 Å². The fraction of sp³-hybridized carbons (Fsp3) is 0.938. The highest BCUT2D eigenvalue weighted by molar-refractivity contribution is 5.68. The molecule has 3 nitrogen and oxygen atoms in total. The van der Waals surface area contributed by atoms with Gasteiger partial charge in [0.25, 0.3) is 0 Å². The molecule has 1 aliphatic rings. The largest absolute Gasteiger partial charge is 0.481 e. The molecule has 1 fully saturated rings. The zero-order valence-corrected chi connectivity index (χ0v) is 12.8. The lowest BCUT2D eigenvalue weighted by atomic mass is 9.82. The van der Waals surface area contributed by atoms with Gasteiger partial charge in [-0.15, -0.1) is 0 Å². The second kappa shape index (κ2) is 8.57. The van der Waals surface area contributed by atoms with Crippen molar-refractivity contribution in [1.82, 2.24) is 4.90 Å². The summed E-state index contributed by atoms with van der Waals surface area (Å²) in [6, 6.07) is 0. The van der Waals surface area contributed by atoms with Crippen LogP contribution in [-0.2, 0) is 4.79 Å². The molecular formula is C16H31NO2. The molecule has 0 atom stereocenters. The normalized spacial score (nSPS) is 22.5. The van der Waals surface area contributed by atoms with Crippen LogP contribution in [0.3, 0.4) is 0 Å². The third kappa shape index (κ3) is 5.94. The van der Waals surface area contributed by atoms with Gasteiger partial charge in [-0.1, -0.05) is 57.8 Å². The van der Waals surface area contributed by atoms with Crippen LogP contribution in [0.25, 0.3) is 0 Å². The molecule has 112 valence electrons. The molecule has 0 aromatic carbocycles. The number of carboxylic acid groups (broad SMARTS) is 1. The third-order valence-corrected chi connectivity index (χ3v) is 4.71. The Balaban J connectivity index is 2.66. The van der Waals surface area contributed by atoms with E-state index in [2.05, 4.69) is 19.0 Å². The van der Waals surface area contributed by atoms with E-state index in [0.717, 1.165) is 12.8 Å². The highest BCUT2D eigenvalue weighted by Gasteiger charge is 2.34. The molecule has 0 saturated heterocycles. The zero-order valence-electron chi connectivity index (χ0n) is 12.8. The Kier molecular flexibility index (Phi) is 7.44. The summed E-state index contributed by atoms with van der Waals surface area (Å²) < 4.78 is 0. The van der Waals surface area contributed by atoms with Crippen molar-refractivity contribution in [2.75, 3.05) is 14.1 Å². The topological polar surface area (TPSA) is 40.5 Å². The van der Waals surface area contributed by atoms with Crippen molar-refractivity contribution in [3.63, 3.8) is 0 Å². The summed E-state index contributed by atoms with van der Waals surface area (Å²) in [7, 11) is 4.10. The lowest BCUT2D eigenvalue weighted by Crippen LogP contribution is -2.46. The van der Waals surface area contributed by atoms with Gasteiger partial charge in [-0.2, -0.15) is 0 Å². The Morgan fingerprint density at radius 1 is 0.895 bits per heavy atom. The summed E-state index contributed by atoms with van der Waals surface area (Å²) in [5.74, 6) is -0.652. The lowest BCUT2D eigenvalue weighted by molar-refractivity contribution is -0.140. The van der Waals surface area contributed by atoms with Gasteiger partial charge in [-0.3, -0.25) is 4.79 Å². The maximum absolute atomic E-state index is 11.2. The number of rotatable bonds is 3. The molecule has 1 N–H and O–H groups in total. The molecule has 0 aromatic rings. The van der Waals surface area contributed by atoms with Crippen LogP contribution in [0.15, 0.2) is 0 Å². The molecule has 1 saturated carbocycles. The van der Waals surface area contributed by atoms with Gasteiger partial charge in [0, 0.05) is 5.54 Å². The van der Waals surface area contributed by atoms with E-state index >= 15 is 0 Å². The minimum atomic E-state index is -0.652. The molecule has 0 radical (unpaired) electrons. The van der Waals surface area contributed by atoms with Gasteiger partial charge in [0.05, 0.1) is 6.42 Å². The maximum atomic E-state index is 11.2. The van der Waals surface area contributed by atoms with Crippen molar-refractivity contribution in [2.24, 2.45) is 0 Å². The maximum Gasteiger partial charge on any atom is 0.305 e. The van der Waals surface area contributed by atoms with Crippen molar-refractivity contribution in [3.05, 3.63) is 0 Å². The Hall–Kier alpha value is -0.570. The van der Waals surface area contributed by atoms with Crippen molar-refractivity contribution in [1.29, 1.82) is 0 Å². The van der Waals surface area contributed by atoms with Crippen LogP contribution < -0.4 is 0 Å². The van der Waals surface area contributed by atoms with Gasteiger partial charge < -0.3 is 10.0 Å². The summed E-state index contributed by atoms with van der Waals surface area (Å²) in [5.41, 5.74) is -0.120. The van der Waals surface area contributed by atoms with E-state index < -0.39 is 5.97 Å². The highest BCUT2D eigenvalue weighted by Crippen LogP contribution is 2.31. The molecule has 0 aromatic heterocycles. The Labute approximate surface area is 118 Å². The van der Waals surface area contributed by atoms with Crippen molar-refractivity contribution >= 4 is 5.97 Å². The fourth-order valence-electron chi connectivity index (χ4n) is 3.33. The number of aliphatic carboxylic acids is 1. The molecule has 0 aliphatic heterocycles. The molecule has 3 heteroatoms. The third-order valence-electron chi connectivity index (χ3n) is 4.71. The molecule has 0 amide bonds. The lowest BCUT2D eigenvalue weighted by Gasteiger charge is -2.39. The van der Waals surface area contributed by atoms with Gasteiger partial charge >= 0.3 is 5.97 Å². The fourth-order valence-corrected chi connectivity index (χ4v) is 3.33. The Bertz CT molecular complexity index is 251. The number of hydrogen-bond acceptors (Lipinski definition) is 2. The number of hydrogen-bond donors (Lipinski definition) is 1. The molecule has 0 spiro atoms. The number of carbonyl (C=O) groups is 1. The second-order valence-corrected chi connectivity index (χ2v) is 6.37. The zero-order chi connectivity index (χ0) is 14.1. The molecular weight excluding hydrogens is 238 g/mol. The first kappa shape index (κ1) is 16.5. The van der Waals surface area contributed by atoms with E-state index in [-0.39, 0.29) is 5.54 Å². The molecule has 0 heterocycles. The van der Waals surface area contributed by atoms with E-state index in [1.165, 1.54) is 57.8 Å². The van der Waals surface area contributed by atoms with Gasteiger partial charge in [0.15, 0.2) is 0 Å². The van der Waals surface area contributed by atoms with Crippen LogP contribution in [0, 0.1) is 0 Å². The van der Waals surface area contributed by atoms with Crippen LogP contribution in [0.4, 0.5) is 0 Å². The quantitative estimate of drug-likeness (QED) is 0.839. The number of carboxylic acids is 1. The Morgan fingerprint density at radius 2 is 1.26 bits per heavy atom. The van der Waals surface area contributed by atoms with E-state index in [1.54, 1.807) is 0 Å². The average molecular weight is 269 g/mol. The predicted octanol–water partition coefficient (Wildman–Crippen LogP) is 4.07. The summed E-state index contributed by atoms with van der Waals surface area (Å²) in [6.45, 7) is 0. The van der Waals surface area contributed by atoms with Crippen LogP contribution >= 0.6 is 0 Å². The summed E-state index contributed by atoms with van der Waals surface area (Å²) in [6.07, 6.45) is 13.9. The van der Waals surface area contributed by atoms with E-state index in [1.807, 2.05) is 0 Å². The SMILES string of the molecule is CN(C)C1(CC(=O)O)CCCCCCCCCCC1. The molecule has 1 rings (SSSR count). The smallest absolute Gasteiger partial charge is 0.305 e. The Morgan fingerprint density at radius 3 is 1.58 bits per heavy atom. The molecule has 1 aliphatic carbocycles. The van der Waals surface area contributed by atoms with E-state index in [9.17, 15) is 9.90 Å². The first-order valence-electron chi connectivity index (χ1n) is 7.96. The molecule has 0 bridgehead atoms. The van der Waals surface area contributed by atoms with Crippen LogP contribution in [0.2, 0.25) is 0 Å². The molecule has 19 heavy (non-hydrogen) atoms. The van der Waals surface area contributed by atoms with Crippen molar-refractivity contribution in [3.8, 4) is 0 Å². The van der Waals surface area contributed by atoms with Crippen LogP contribution in [-0.4, -0.2) is 35.6 Å². The second-order valence-electron chi connectivity index (χ2n) is 6.37. The number of nitrogens with zero attached hydrogens (tertiary/aromatic N) is 1. The minimum Gasteiger partial charge on any atom is -0.481 e. The molecule has 0 unspecified atom stereocenters. The minimum absolute atomic E-state index is 0.120. The summed E-state index contributed by atoms with van der Waals surface area (Å²) in [4.78, 5) is 13.4. The first-order valence-corrected chi connectivity index (χ1v) is 7.96. The van der Waals surface area contributed by atoms with Gasteiger partial charge in [0.1, 0.15) is 0 Å². The summed E-state index contributed by atoms with van der Waals surface area (Å²) >= 11 is 0. The van der Waals surface area contributed by atoms with Gasteiger partial charge in [-0.25, -0.2) is 0 Å². The van der Waals surface area contributed by atoms with Crippen molar-refractivity contribution < 1.29 is 9.90 Å². The monoisotopic (exact) mass is 269 g/mol. The van der Waals surface area contributed by atoms with Gasteiger partial charge in [0.2, 0.25) is 0 Å². The first-order chi connectivity index (χ1) is 9.07. The van der Waals surface area contributed by atoms with E-state index in [0.29, 0.717) is 6.42 Å². The van der Waals surface area contributed by atoms with Crippen LogP contribution in [0.1, 0.15) is 77.0 Å². The highest BCUT2D eigenvalue weighted by atomic mass is 16.4. The van der Waals surface area contributed by atoms with Crippen LogP contribution in [0.5, 0.6) is 0 Å².